The predicted octanol–water partition coefficient (Wildman–Crippen LogP) is -0.372. The Morgan fingerprint density at radius 3 is 2.74 bits per heavy atom. The highest BCUT2D eigenvalue weighted by Gasteiger charge is 2.59. The van der Waals surface area contributed by atoms with E-state index in [1.54, 1.807) is 24.3 Å². The summed E-state index contributed by atoms with van der Waals surface area (Å²) in [6, 6.07) is 8.16. The van der Waals surface area contributed by atoms with Gasteiger partial charge in [-0.25, -0.2) is 9.59 Å². The number of benzene rings is 1. The molecule has 2 aliphatic rings. The van der Waals surface area contributed by atoms with E-state index in [0.29, 0.717) is 4.90 Å². The number of carbonyl (C=O) groups is 2. The molecule has 2 unspecified atom stereocenters. The van der Waals surface area contributed by atoms with Crippen LogP contribution in [-0.4, -0.2) is 76.5 Å². The van der Waals surface area contributed by atoms with Crippen LogP contribution in [0, 0.1) is 0 Å². The monoisotopic (exact) mass is 399 g/mol. The third-order valence-corrected chi connectivity index (χ3v) is 5.80. The number of methoxy groups -OCH3 is 1. The molecule has 2 saturated heterocycles. The number of hydrogen-bond donors (Lipinski definition) is 4. The van der Waals surface area contributed by atoms with Crippen molar-refractivity contribution in [1.29, 1.82) is 0 Å². The lowest BCUT2D eigenvalue weighted by molar-refractivity contribution is -0.199. The minimum Gasteiger partial charge on any atom is -0.466 e. The smallest absolute Gasteiger partial charge is 0.407 e. The summed E-state index contributed by atoms with van der Waals surface area (Å²) in [7, 11) is 1.21. The second-order valence-corrected chi connectivity index (χ2v) is 7.64. The third kappa shape index (κ3) is 3.90. The van der Waals surface area contributed by atoms with E-state index in [-0.39, 0.29) is 6.42 Å². The number of aliphatic hydroxyl groups is 3. The van der Waals surface area contributed by atoms with Crippen molar-refractivity contribution in [2.24, 2.45) is 0 Å². The number of aliphatic hydroxyl groups excluding tert-OH is 3. The maximum Gasteiger partial charge on any atom is 0.407 e. The number of ether oxygens (including phenoxy) is 3. The van der Waals surface area contributed by atoms with Gasteiger partial charge in [-0.05, 0) is 12.1 Å². The molecule has 1 amide bonds. The van der Waals surface area contributed by atoms with E-state index in [0.717, 1.165) is 11.8 Å². The topological polar surface area (TPSA) is 135 Å². The Kier molecular flexibility index (Phi) is 5.92. The average Bonchev–Trinajstić information content (AvgIpc) is 3.05. The largest absolute Gasteiger partial charge is 0.466 e. The standard InChI is InChI=1S/C17H21NO8S/c1-24-15(22)17(27-9-5-3-2-4-6-9)7-11-12(18-16(23)25-11)14(26-17)13(21)10(20)8-19/h2-6,10-14,19-21H,7-8H2,1H3,(H,18,23)/t10-,11?,12-,13-,14?,17+/m1/s1. The lowest BCUT2D eigenvalue weighted by Crippen LogP contribution is -2.63. The highest BCUT2D eigenvalue weighted by molar-refractivity contribution is 8.01. The van der Waals surface area contributed by atoms with Crippen molar-refractivity contribution >= 4 is 23.8 Å². The fraction of sp³-hybridized carbons (Fsp3) is 0.529. The van der Waals surface area contributed by atoms with Gasteiger partial charge < -0.3 is 34.8 Å². The number of hydrogen-bond acceptors (Lipinski definition) is 9. The van der Waals surface area contributed by atoms with Gasteiger partial charge in [-0.2, -0.15) is 0 Å². The van der Waals surface area contributed by atoms with Gasteiger partial charge in [0.2, 0.25) is 4.93 Å². The van der Waals surface area contributed by atoms with Crippen molar-refractivity contribution in [2.75, 3.05) is 13.7 Å². The third-order valence-electron chi connectivity index (χ3n) is 4.53. The van der Waals surface area contributed by atoms with Crippen LogP contribution in [0.5, 0.6) is 0 Å². The van der Waals surface area contributed by atoms with E-state index in [4.69, 9.17) is 19.3 Å². The minimum atomic E-state index is -1.61. The van der Waals surface area contributed by atoms with Gasteiger partial charge in [-0.1, -0.05) is 30.0 Å². The molecular formula is C17H21NO8S. The van der Waals surface area contributed by atoms with Crippen LogP contribution in [0.4, 0.5) is 4.79 Å². The first kappa shape index (κ1) is 19.9. The normalized spacial score (nSPS) is 32.0. The van der Waals surface area contributed by atoms with Crippen molar-refractivity contribution < 1.29 is 39.1 Å². The highest BCUT2D eigenvalue weighted by Crippen LogP contribution is 2.46. The second kappa shape index (κ2) is 8.03. The Labute approximate surface area is 159 Å². The number of fused-ring (bicyclic) bond motifs is 1. The van der Waals surface area contributed by atoms with E-state index < -0.39 is 54.1 Å². The molecule has 1 aromatic carbocycles. The zero-order valence-corrected chi connectivity index (χ0v) is 15.3. The molecule has 3 rings (SSSR count). The van der Waals surface area contributed by atoms with Crippen molar-refractivity contribution in [3.63, 3.8) is 0 Å². The fourth-order valence-electron chi connectivity index (χ4n) is 3.22. The molecule has 0 saturated carbocycles. The van der Waals surface area contributed by atoms with Crippen molar-refractivity contribution in [3.05, 3.63) is 30.3 Å². The lowest BCUT2D eigenvalue weighted by Gasteiger charge is -2.44. The number of nitrogens with one attached hydrogen (secondary N) is 1. The predicted molar refractivity (Wildman–Crippen MR) is 92.8 cm³/mol. The number of amides is 1. The zero-order chi connectivity index (χ0) is 19.6. The fourth-order valence-corrected chi connectivity index (χ4v) is 4.47. The van der Waals surface area contributed by atoms with Gasteiger partial charge in [-0.3, -0.25) is 0 Å². The van der Waals surface area contributed by atoms with Crippen LogP contribution in [0.1, 0.15) is 6.42 Å². The SMILES string of the molecule is COC(=O)[C@@]1(Sc2ccccc2)CC2OC(=O)N[C@H]2C([C@H](O)[C@H](O)CO)O1. The molecule has 9 nitrogen and oxygen atoms in total. The van der Waals surface area contributed by atoms with Crippen LogP contribution in [0.2, 0.25) is 0 Å². The van der Waals surface area contributed by atoms with E-state index >= 15 is 0 Å². The molecule has 2 aliphatic heterocycles. The summed E-state index contributed by atoms with van der Waals surface area (Å²) in [4.78, 5) is 23.5. The number of thioether (sulfide) groups is 1. The maximum atomic E-state index is 12.6. The number of rotatable bonds is 6. The molecule has 27 heavy (non-hydrogen) atoms. The van der Waals surface area contributed by atoms with Gasteiger partial charge in [0.05, 0.1) is 19.8 Å². The molecular weight excluding hydrogens is 378 g/mol. The molecule has 0 aliphatic carbocycles. The van der Waals surface area contributed by atoms with E-state index in [2.05, 4.69) is 5.32 Å². The van der Waals surface area contributed by atoms with Gasteiger partial charge in [0.1, 0.15) is 24.4 Å². The first-order valence-electron chi connectivity index (χ1n) is 8.34. The summed E-state index contributed by atoms with van der Waals surface area (Å²) in [6.07, 6.45) is -5.80. The summed E-state index contributed by atoms with van der Waals surface area (Å²) < 4.78 is 16.1. The number of carbonyl (C=O) groups excluding carboxylic acids is 2. The van der Waals surface area contributed by atoms with Crippen LogP contribution in [0.15, 0.2) is 35.2 Å². The molecule has 148 valence electrons. The van der Waals surface area contributed by atoms with Crippen LogP contribution >= 0.6 is 11.8 Å². The van der Waals surface area contributed by atoms with Gasteiger partial charge in [0.25, 0.3) is 0 Å². The van der Waals surface area contributed by atoms with E-state index in [1.807, 2.05) is 6.07 Å². The Balaban J connectivity index is 1.97. The van der Waals surface area contributed by atoms with Crippen LogP contribution in [-0.2, 0) is 19.0 Å². The van der Waals surface area contributed by atoms with E-state index in [1.165, 1.54) is 7.11 Å². The molecule has 0 spiro atoms. The number of alkyl carbamates (subject to hydrolysis) is 1. The van der Waals surface area contributed by atoms with Crippen molar-refractivity contribution in [2.45, 2.75) is 46.7 Å². The quantitative estimate of drug-likeness (QED) is 0.473. The maximum absolute atomic E-state index is 12.6. The summed E-state index contributed by atoms with van der Waals surface area (Å²) in [5, 5.41) is 32.0. The van der Waals surface area contributed by atoms with Gasteiger partial charge in [-0.15, -0.1) is 0 Å². The molecule has 0 aromatic heterocycles. The summed E-state index contributed by atoms with van der Waals surface area (Å²) in [6.45, 7) is -0.718. The summed E-state index contributed by atoms with van der Waals surface area (Å²) in [5.74, 6) is -0.714. The first-order valence-corrected chi connectivity index (χ1v) is 9.16. The van der Waals surface area contributed by atoms with Crippen LogP contribution in [0.3, 0.4) is 0 Å². The number of esters is 1. The molecule has 0 radical (unpaired) electrons. The molecule has 1 aromatic rings. The molecule has 6 atom stereocenters. The van der Waals surface area contributed by atoms with Gasteiger partial charge in [0, 0.05) is 11.3 Å². The second-order valence-electron chi connectivity index (χ2n) is 6.30. The van der Waals surface area contributed by atoms with Crippen molar-refractivity contribution in [1.82, 2.24) is 5.32 Å². The minimum absolute atomic E-state index is 0.0128. The molecule has 4 N–H and O–H groups in total. The van der Waals surface area contributed by atoms with Gasteiger partial charge >= 0.3 is 12.1 Å². The van der Waals surface area contributed by atoms with Crippen LogP contribution in [0.25, 0.3) is 0 Å². The lowest BCUT2D eigenvalue weighted by atomic mass is 9.90. The Hall–Kier alpha value is -1.85. The highest BCUT2D eigenvalue weighted by atomic mass is 32.2. The Bertz CT molecular complexity index is 689. The average molecular weight is 399 g/mol. The van der Waals surface area contributed by atoms with Gasteiger partial charge in [0.15, 0.2) is 0 Å². The van der Waals surface area contributed by atoms with Crippen molar-refractivity contribution in [3.8, 4) is 0 Å². The Morgan fingerprint density at radius 1 is 1.41 bits per heavy atom. The molecule has 2 fully saturated rings. The summed E-state index contributed by atoms with van der Waals surface area (Å²) in [5.41, 5.74) is 0. The zero-order valence-electron chi connectivity index (χ0n) is 14.5. The first-order chi connectivity index (χ1) is 12.9. The summed E-state index contributed by atoms with van der Waals surface area (Å²) >= 11 is 1.06. The molecule has 2 heterocycles. The van der Waals surface area contributed by atoms with E-state index in [9.17, 15) is 19.8 Å². The molecule has 0 bridgehead atoms. The Morgan fingerprint density at radius 2 is 2.11 bits per heavy atom. The molecule has 10 heteroatoms. The van der Waals surface area contributed by atoms with Crippen LogP contribution < -0.4 is 5.32 Å².